The number of fused-ring (bicyclic) bond motifs is 1. The molecular formula is C20H23FN2O4S. The van der Waals surface area contributed by atoms with Gasteiger partial charge in [-0.15, -0.1) is 0 Å². The SMILES string of the molecule is CCN(CC)S(=O)(=O)c1ccc(F)c(C(=O)N[C@@H]2CCOc3ccccc32)c1. The van der Waals surface area contributed by atoms with E-state index in [1.54, 1.807) is 13.8 Å². The summed E-state index contributed by atoms with van der Waals surface area (Å²) in [4.78, 5) is 12.6. The Hall–Kier alpha value is -2.45. The van der Waals surface area contributed by atoms with Gasteiger partial charge in [0.15, 0.2) is 0 Å². The number of benzene rings is 2. The summed E-state index contributed by atoms with van der Waals surface area (Å²) < 4.78 is 46.5. The van der Waals surface area contributed by atoms with Gasteiger partial charge in [-0.25, -0.2) is 12.8 Å². The molecule has 0 saturated carbocycles. The number of carbonyl (C=O) groups is 1. The standard InChI is InChI=1S/C20H23FN2O4S/c1-3-23(4-2)28(25,26)14-9-10-17(21)16(13-14)20(24)22-18-11-12-27-19-8-6-5-7-15(18)19/h5-10,13,18H,3-4,11-12H2,1-2H3,(H,22,24)/t18-/m1/s1. The van der Waals surface area contributed by atoms with Crippen LogP contribution in [0.5, 0.6) is 5.75 Å². The fourth-order valence-corrected chi connectivity index (χ4v) is 4.76. The van der Waals surface area contributed by atoms with E-state index >= 15 is 0 Å². The molecule has 1 N–H and O–H groups in total. The molecule has 0 aromatic heterocycles. The molecule has 6 nitrogen and oxygen atoms in total. The quantitative estimate of drug-likeness (QED) is 0.800. The zero-order chi connectivity index (χ0) is 20.3. The third kappa shape index (κ3) is 3.88. The van der Waals surface area contributed by atoms with E-state index in [9.17, 15) is 17.6 Å². The lowest BCUT2D eigenvalue weighted by Crippen LogP contribution is -2.33. The van der Waals surface area contributed by atoms with Crippen LogP contribution in [0.25, 0.3) is 0 Å². The van der Waals surface area contributed by atoms with Crippen molar-refractivity contribution in [2.75, 3.05) is 19.7 Å². The molecule has 0 aliphatic carbocycles. The van der Waals surface area contributed by atoms with Crippen LogP contribution >= 0.6 is 0 Å². The van der Waals surface area contributed by atoms with Crippen LogP contribution in [-0.4, -0.2) is 38.3 Å². The number of hydrogen-bond acceptors (Lipinski definition) is 4. The molecule has 2 aromatic carbocycles. The van der Waals surface area contributed by atoms with E-state index in [0.29, 0.717) is 18.8 Å². The van der Waals surface area contributed by atoms with Crippen LogP contribution in [0.4, 0.5) is 4.39 Å². The van der Waals surface area contributed by atoms with E-state index in [1.165, 1.54) is 10.4 Å². The smallest absolute Gasteiger partial charge is 0.254 e. The van der Waals surface area contributed by atoms with Crippen molar-refractivity contribution < 1.29 is 22.3 Å². The molecule has 1 amide bonds. The average Bonchev–Trinajstić information content (AvgIpc) is 2.69. The molecule has 0 bridgehead atoms. The van der Waals surface area contributed by atoms with Crippen molar-refractivity contribution in [3.8, 4) is 5.75 Å². The number of hydrogen-bond donors (Lipinski definition) is 1. The average molecular weight is 406 g/mol. The number of amides is 1. The highest BCUT2D eigenvalue weighted by molar-refractivity contribution is 7.89. The number of halogens is 1. The van der Waals surface area contributed by atoms with Crippen molar-refractivity contribution in [1.82, 2.24) is 9.62 Å². The summed E-state index contributed by atoms with van der Waals surface area (Å²) in [6.45, 7) is 4.45. The molecular weight excluding hydrogens is 383 g/mol. The number of nitrogens with one attached hydrogen (secondary N) is 1. The lowest BCUT2D eigenvalue weighted by atomic mass is 10.00. The predicted octanol–water partition coefficient (Wildman–Crippen LogP) is 3.11. The Kier molecular flexibility index (Phi) is 6.00. The van der Waals surface area contributed by atoms with Crippen LogP contribution in [0.2, 0.25) is 0 Å². The molecule has 1 atom stereocenters. The Morgan fingerprint density at radius 3 is 2.64 bits per heavy atom. The van der Waals surface area contributed by atoms with E-state index in [0.717, 1.165) is 17.7 Å². The Labute approximate surface area is 164 Å². The predicted molar refractivity (Wildman–Crippen MR) is 103 cm³/mol. The minimum atomic E-state index is -3.79. The second kappa shape index (κ2) is 8.28. The van der Waals surface area contributed by atoms with Crippen LogP contribution in [-0.2, 0) is 10.0 Å². The van der Waals surface area contributed by atoms with Crippen LogP contribution in [0.15, 0.2) is 47.4 Å². The van der Waals surface area contributed by atoms with E-state index in [-0.39, 0.29) is 29.6 Å². The fraction of sp³-hybridized carbons (Fsp3) is 0.350. The monoisotopic (exact) mass is 406 g/mol. The van der Waals surface area contributed by atoms with Gasteiger partial charge in [-0.1, -0.05) is 32.0 Å². The van der Waals surface area contributed by atoms with Gasteiger partial charge in [-0.2, -0.15) is 4.31 Å². The first-order valence-electron chi connectivity index (χ1n) is 9.20. The summed E-state index contributed by atoms with van der Waals surface area (Å²) >= 11 is 0. The van der Waals surface area contributed by atoms with Crippen molar-refractivity contribution in [2.45, 2.75) is 31.2 Å². The molecule has 1 aliphatic rings. The third-order valence-corrected chi connectivity index (χ3v) is 6.84. The molecule has 150 valence electrons. The lowest BCUT2D eigenvalue weighted by Gasteiger charge is -2.26. The number of ether oxygens (including phenoxy) is 1. The highest BCUT2D eigenvalue weighted by atomic mass is 32.2. The molecule has 3 rings (SSSR count). The Morgan fingerprint density at radius 1 is 1.21 bits per heavy atom. The molecule has 0 unspecified atom stereocenters. The maximum Gasteiger partial charge on any atom is 0.254 e. The topological polar surface area (TPSA) is 75.7 Å². The maximum absolute atomic E-state index is 14.3. The fourth-order valence-electron chi connectivity index (χ4n) is 3.28. The van der Waals surface area contributed by atoms with E-state index < -0.39 is 21.7 Å². The number of sulfonamides is 1. The molecule has 2 aromatic rings. The number of carbonyl (C=O) groups excluding carboxylic acids is 1. The summed E-state index contributed by atoms with van der Waals surface area (Å²) in [7, 11) is -3.79. The number of para-hydroxylation sites is 1. The van der Waals surface area contributed by atoms with Crippen LogP contribution in [0.1, 0.15) is 42.2 Å². The maximum atomic E-state index is 14.3. The number of nitrogens with zero attached hydrogens (tertiary/aromatic N) is 1. The molecule has 8 heteroatoms. The van der Waals surface area contributed by atoms with Crippen LogP contribution in [0.3, 0.4) is 0 Å². The second-order valence-corrected chi connectivity index (χ2v) is 8.37. The van der Waals surface area contributed by atoms with E-state index in [1.807, 2.05) is 24.3 Å². The second-order valence-electron chi connectivity index (χ2n) is 6.43. The van der Waals surface area contributed by atoms with Crippen LogP contribution < -0.4 is 10.1 Å². The van der Waals surface area contributed by atoms with Gasteiger partial charge in [-0.3, -0.25) is 4.79 Å². The normalized spacial score (nSPS) is 16.4. The van der Waals surface area contributed by atoms with Gasteiger partial charge in [0, 0.05) is 25.1 Å². The zero-order valence-corrected chi connectivity index (χ0v) is 16.6. The Balaban J connectivity index is 1.89. The Bertz CT molecular complexity index is 974. The van der Waals surface area contributed by atoms with Gasteiger partial charge in [0.2, 0.25) is 10.0 Å². The zero-order valence-electron chi connectivity index (χ0n) is 15.8. The first kappa shape index (κ1) is 20.3. The van der Waals surface area contributed by atoms with Crippen LogP contribution in [0, 0.1) is 5.82 Å². The summed E-state index contributed by atoms with van der Waals surface area (Å²) in [6, 6.07) is 10.3. The third-order valence-electron chi connectivity index (χ3n) is 4.79. The largest absolute Gasteiger partial charge is 0.493 e. The molecule has 1 aliphatic heterocycles. The summed E-state index contributed by atoms with van der Waals surface area (Å²) in [5.41, 5.74) is 0.520. The summed E-state index contributed by atoms with van der Waals surface area (Å²) in [6.07, 6.45) is 0.543. The molecule has 0 spiro atoms. The first-order valence-corrected chi connectivity index (χ1v) is 10.6. The first-order chi connectivity index (χ1) is 13.4. The summed E-state index contributed by atoms with van der Waals surface area (Å²) in [5, 5.41) is 2.80. The van der Waals surface area contributed by atoms with Gasteiger partial charge in [-0.05, 0) is 24.3 Å². The van der Waals surface area contributed by atoms with Gasteiger partial charge in [0.25, 0.3) is 5.91 Å². The molecule has 1 heterocycles. The minimum Gasteiger partial charge on any atom is -0.493 e. The van der Waals surface area contributed by atoms with Crippen molar-refractivity contribution in [3.05, 3.63) is 59.4 Å². The molecule has 0 radical (unpaired) electrons. The van der Waals surface area contributed by atoms with E-state index in [2.05, 4.69) is 5.32 Å². The van der Waals surface area contributed by atoms with Gasteiger partial charge in [0.05, 0.1) is 23.1 Å². The minimum absolute atomic E-state index is 0.102. The molecule has 0 saturated heterocycles. The van der Waals surface area contributed by atoms with Crippen molar-refractivity contribution >= 4 is 15.9 Å². The lowest BCUT2D eigenvalue weighted by molar-refractivity contribution is 0.0920. The highest BCUT2D eigenvalue weighted by Crippen LogP contribution is 2.32. The van der Waals surface area contributed by atoms with Crippen molar-refractivity contribution in [3.63, 3.8) is 0 Å². The van der Waals surface area contributed by atoms with Gasteiger partial charge < -0.3 is 10.1 Å². The Morgan fingerprint density at radius 2 is 1.93 bits per heavy atom. The van der Waals surface area contributed by atoms with Gasteiger partial charge >= 0.3 is 0 Å². The van der Waals surface area contributed by atoms with Crippen molar-refractivity contribution in [1.29, 1.82) is 0 Å². The van der Waals surface area contributed by atoms with Crippen molar-refractivity contribution in [2.24, 2.45) is 0 Å². The number of rotatable bonds is 6. The van der Waals surface area contributed by atoms with E-state index in [4.69, 9.17) is 4.74 Å². The van der Waals surface area contributed by atoms with Gasteiger partial charge in [0.1, 0.15) is 11.6 Å². The molecule has 0 fully saturated rings. The summed E-state index contributed by atoms with van der Waals surface area (Å²) in [5.74, 6) is -0.746. The molecule has 28 heavy (non-hydrogen) atoms. The highest BCUT2D eigenvalue weighted by Gasteiger charge is 2.27.